The van der Waals surface area contributed by atoms with Gasteiger partial charge in [0.15, 0.2) is 0 Å². The number of unbranched alkanes of at least 4 members (excludes halogenated alkanes) is 6. The fourth-order valence-electron chi connectivity index (χ4n) is 3.81. The van der Waals surface area contributed by atoms with Crippen molar-refractivity contribution in [2.75, 3.05) is 20.3 Å². The third kappa shape index (κ3) is 7.70. The van der Waals surface area contributed by atoms with Gasteiger partial charge < -0.3 is 18.6 Å². The van der Waals surface area contributed by atoms with E-state index in [-0.39, 0.29) is 11.7 Å². The molecule has 2 aromatic heterocycles. The first kappa shape index (κ1) is 26.0. The van der Waals surface area contributed by atoms with Crippen LogP contribution in [-0.4, -0.2) is 31.3 Å². The maximum atomic E-state index is 12.6. The number of nitrogens with zero attached hydrogens (tertiary/aromatic N) is 1. The molecule has 3 rings (SSSR count). The smallest absolute Gasteiger partial charge is 0.345 e. The van der Waals surface area contributed by atoms with Crippen molar-refractivity contribution in [3.63, 3.8) is 0 Å². The zero-order valence-electron chi connectivity index (χ0n) is 20.5. The third-order valence-electron chi connectivity index (χ3n) is 5.75. The highest BCUT2D eigenvalue weighted by Gasteiger charge is 2.12. The Kier molecular flexibility index (Phi) is 9.90. The van der Waals surface area contributed by atoms with Gasteiger partial charge in [-0.3, -0.25) is 0 Å². The number of fused-ring (bicyclic) bond motifs is 1. The summed E-state index contributed by atoms with van der Waals surface area (Å²) in [4.78, 5) is 27.9. The molecular formula is C28H33NO6. The van der Waals surface area contributed by atoms with Crippen molar-refractivity contribution >= 4 is 17.1 Å². The van der Waals surface area contributed by atoms with Crippen molar-refractivity contribution in [1.82, 2.24) is 4.98 Å². The number of carbonyl (C=O) groups is 1. The third-order valence-corrected chi connectivity index (χ3v) is 5.75. The first-order valence-corrected chi connectivity index (χ1v) is 12.0. The summed E-state index contributed by atoms with van der Waals surface area (Å²) >= 11 is 0. The van der Waals surface area contributed by atoms with Crippen LogP contribution in [-0.2, 0) is 9.53 Å². The van der Waals surface area contributed by atoms with Crippen LogP contribution in [0.15, 0.2) is 58.3 Å². The van der Waals surface area contributed by atoms with Gasteiger partial charge in [-0.25, -0.2) is 9.59 Å². The van der Waals surface area contributed by atoms with Crippen LogP contribution >= 0.6 is 0 Å². The fourth-order valence-corrected chi connectivity index (χ4v) is 3.81. The van der Waals surface area contributed by atoms with Crippen LogP contribution < -0.4 is 15.1 Å². The van der Waals surface area contributed by atoms with Crippen LogP contribution in [0, 0.1) is 6.92 Å². The SMILES string of the molecule is C=CC(=O)OCCCCCCCCCOc1ccc2cc(-c3ccc(OC)cc3C)c(=O)oc2n1. The van der Waals surface area contributed by atoms with Gasteiger partial charge in [-0.05, 0) is 55.2 Å². The molecule has 7 nitrogen and oxygen atoms in total. The van der Waals surface area contributed by atoms with Gasteiger partial charge in [0.05, 0.1) is 25.9 Å². The number of rotatable bonds is 14. The predicted octanol–water partition coefficient (Wildman–Crippen LogP) is 6.01. The van der Waals surface area contributed by atoms with E-state index in [4.69, 9.17) is 18.6 Å². The van der Waals surface area contributed by atoms with E-state index in [2.05, 4.69) is 11.6 Å². The maximum Gasteiger partial charge on any atom is 0.345 e. The molecule has 0 aliphatic carbocycles. The molecule has 7 heteroatoms. The molecule has 0 spiro atoms. The van der Waals surface area contributed by atoms with Gasteiger partial charge in [-0.1, -0.05) is 44.7 Å². The molecule has 0 unspecified atom stereocenters. The Balaban J connectivity index is 1.43. The summed E-state index contributed by atoms with van der Waals surface area (Å²) in [7, 11) is 1.61. The lowest BCUT2D eigenvalue weighted by molar-refractivity contribution is -0.137. The number of ether oxygens (including phenoxy) is 3. The van der Waals surface area contributed by atoms with E-state index in [1.54, 1.807) is 19.2 Å². The number of esters is 1. The highest BCUT2D eigenvalue weighted by atomic mass is 16.5. The van der Waals surface area contributed by atoms with Crippen LogP contribution in [0.2, 0.25) is 0 Å². The normalized spacial score (nSPS) is 10.8. The average molecular weight is 480 g/mol. The summed E-state index contributed by atoms with van der Waals surface area (Å²) in [5.74, 6) is 0.827. The highest BCUT2D eigenvalue weighted by Crippen LogP contribution is 2.27. The molecule has 0 fully saturated rings. The Bertz CT molecular complexity index is 1200. The number of benzene rings is 1. The second-order valence-corrected chi connectivity index (χ2v) is 8.37. The van der Waals surface area contributed by atoms with Crippen molar-refractivity contribution < 1.29 is 23.4 Å². The number of hydrogen-bond donors (Lipinski definition) is 0. The molecule has 1 aromatic carbocycles. The van der Waals surface area contributed by atoms with E-state index < -0.39 is 5.63 Å². The van der Waals surface area contributed by atoms with Gasteiger partial charge in [0.1, 0.15) is 5.75 Å². The minimum absolute atomic E-state index is 0.265. The number of aromatic nitrogens is 1. The van der Waals surface area contributed by atoms with E-state index in [0.29, 0.717) is 24.7 Å². The molecule has 35 heavy (non-hydrogen) atoms. The lowest BCUT2D eigenvalue weighted by atomic mass is 10.0. The topological polar surface area (TPSA) is 87.9 Å². The van der Waals surface area contributed by atoms with E-state index >= 15 is 0 Å². The second-order valence-electron chi connectivity index (χ2n) is 8.37. The summed E-state index contributed by atoms with van der Waals surface area (Å²) in [6.45, 7) is 6.32. The van der Waals surface area contributed by atoms with E-state index in [1.807, 2.05) is 31.2 Å². The number of carbonyl (C=O) groups excluding carboxylic acids is 1. The molecule has 0 radical (unpaired) electrons. The number of methoxy groups -OCH3 is 1. The lowest BCUT2D eigenvalue weighted by Gasteiger charge is -2.09. The summed E-state index contributed by atoms with van der Waals surface area (Å²) in [5, 5.41) is 0.737. The van der Waals surface area contributed by atoms with Gasteiger partial charge in [-0.15, -0.1) is 0 Å². The van der Waals surface area contributed by atoms with Crippen molar-refractivity contribution in [3.05, 3.63) is 65.0 Å². The van der Waals surface area contributed by atoms with Crippen molar-refractivity contribution in [1.29, 1.82) is 0 Å². The zero-order valence-corrected chi connectivity index (χ0v) is 20.5. The molecule has 186 valence electrons. The molecule has 0 aliphatic heterocycles. The van der Waals surface area contributed by atoms with Crippen LogP contribution in [0.3, 0.4) is 0 Å². The fraction of sp³-hybridized carbons (Fsp3) is 0.393. The van der Waals surface area contributed by atoms with E-state index in [1.165, 1.54) is 6.08 Å². The predicted molar refractivity (Wildman–Crippen MR) is 136 cm³/mol. The van der Waals surface area contributed by atoms with Gasteiger partial charge in [0.25, 0.3) is 0 Å². The summed E-state index contributed by atoms with van der Waals surface area (Å²) in [6.07, 6.45) is 8.51. The monoisotopic (exact) mass is 479 g/mol. The Labute approximate surface area is 205 Å². The van der Waals surface area contributed by atoms with Crippen molar-refractivity contribution in [2.24, 2.45) is 0 Å². The van der Waals surface area contributed by atoms with Crippen LogP contribution in [0.5, 0.6) is 11.6 Å². The molecule has 0 aliphatic rings. The summed E-state index contributed by atoms with van der Waals surface area (Å²) < 4.78 is 21.5. The first-order chi connectivity index (χ1) is 17.0. The summed E-state index contributed by atoms with van der Waals surface area (Å²) in [5.41, 5.74) is 2.05. The zero-order chi connectivity index (χ0) is 25.0. The van der Waals surface area contributed by atoms with Crippen LogP contribution in [0.4, 0.5) is 0 Å². The average Bonchev–Trinajstić information content (AvgIpc) is 2.86. The molecule has 3 aromatic rings. The van der Waals surface area contributed by atoms with Gasteiger partial charge in [0, 0.05) is 17.5 Å². The maximum absolute atomic E-state index is 12.6. The van der Waals surface area contributed by atoms with Gasteiger partial charge in [-0.2, -0.15) is 4.98 Å². The van der Waals surface area contributed by atoms with Gasteiger partial charge in [0.2, 0.25) is 11.6 Å². The first-order valence-electron chi connectivity index (χ1n) is 12.0. The van der Waals surface area contributed by atoms with Crippen LogP contribution in [0.1, 0.15) is 50.5 Å². The number of pyridine rings is 1. The molecule has 0 saturated heterocycles. The van der Waals surface area contributed by atoms with Crippen molar-refractivity contribution in [3.8, 4) is 22.8 Å². The Morgan fingerprint density at radius 1 is 0.971 bits per heavy atom. The molecule has 0 saturated carbocycles. The molecule has 0 amide bonds. The van der Waals surface area contributed by atoms with Crippen LogP contribution in [0.25, 0.3) is 22.2 Å². The molecule has 0 N–H and O–H groups in total. The number of aryl methyl sites for hydroxylation is 1. The second kappa shape index (κ2) is 13.3. The lowest BCUT2D eigenvalue weighted by Crippen LogP contribution is -2.05. The van der Waals surface area contributed by atoms with Gasteiger partial charge >= 0.3 is 11.6 Å². The quantitative estimate of drug-likeness (QED) is 0.159. The standard InChI is InChI=1S/C28H33NO6/c1-4-26(30)34-17-11-9-7-5-6-8-10-16-33-25-15-12-21-19-24(28(31)35-27(21)29-25)23-14-13-22(32-3)18-20(23)2/h4,12-15,18-19H,1,5-11,16-17H2,2-3H3. The minimum Gasteiger partial charge on any atom is -0.497 e. The largest absolute Gasteiger partial charge is 0.497 e. The van der Waals surface area contributed by atoms with Crippen molar-refractivity contribution in [2.45, 2.75) is 51.9 Å². The Hall–Kier alpha value is -3.61. The number of hydrogen-bond acceptors (Lipinski definition) is 7. The van der Waals surface area contributed by atoms with E-state index in [0.717, 1.165) is 67.2 Å². The Morgan fingerprint density at radius 3 is 2.37 bits per heavy atom. The Morgan fingerprint density at radius 2 is 1.69 bits per heavy atom. The molecule has 2 heterocycles. The highest BCUT2D eigenvalue weighted by molar-refractivity contribution is 5.81. The molecule has 0 bridgehead atoms. The van der Waals surface area contributed by atoms with E-state index in [9.17, 15) is 9.59 Å². The molecule has 0 atom stereocenters. The molecular weight excluding hydrogens is 446 g/mol. The minimum atomic E-state index is -0.436. The summed E-state index contributed by atoms with van der Waals surface area (Å²) in [6, 6.07) is 11.0.